The fourth-order valence-electron chi connectivity index (χ4n) is 0.941. The van der Waals surface area contributed by atoms with Crippen molar-refractivity contribution in [2.24, 2.45) is 16.5 Å². The van der Waals surface area contributed by atoms with E-state index in [4.69, 9.17) is 11.5 Å². The molecule has 0 aliphatic carbocycles. The molecular weight excluding hydrogens is 198 g/mol. The number of H-pyrrole nitrogens is 1. The molecule has 6 heteroatoms. The summed E-state index contributed by atoms with van der Waals surface area (Å²) < 4.78 is 0. The number of nitrogens with one attached hydrogen (secondary N) is 1. The number of thioether (sulfide) groups is 1. The van der Waals surface area contributed by atoms with Crippen molar-refractivity contribution in [3.8, 4) is 0 Å². The Hall–Kier alpha value is -1.17. The maximum Gasteiger partial charge on any atom is 0.185 e. The number of aryl methyl sites for hydroxylation is 1. The van der Waals surface area contributed by atoms with Gasteiger partial charge in [-0.1, -0.05) is 0 Å². The van der Waals surface area contributed by atoms with E-state index < -0.39 is 0 Å². The minimum atomic E-state index is 0.154. The number of nitrogens with two attached hydrogens (primary N) is 2. The zero-order valence-corrected chi connectivity index (χ0v) is 8.97. The Labute approximate surface area is 87.4 Å². The quantitative estimate of drug-likeness (QED) is 0.371. The van der Waals surface area contributed by atoms with E-state index in [1.54, 1.807) is 18.1 Å². The summed E-state index contributed by atoms with van der Waals surface area (Å²) in [7, 11) is 0. The van der Waals surface area contributed by atoms with Crippen LogP contribution in [-0.2, 0) is 5.75 Å². The molecule has 1 rings (SSSR count). The zero-order valence-electron chi connectivity index (χ0n) is 8.16. The lowest BCUT2D eigenvalue weighted by molar-refractivity contribution is 1.12. The molecule has 0 amide bonds. The van der Waals surface area contributed by atoms with Gasteiger partial charge in [-0.25, -0.2) is 4.98 Å². The molecule has 0 aliphatic heterocycles. The van der Waals surface area contributed by atoms with Gasteiger partial charge in [-0.05, 0) is 6.92 Å². The van der Waals surface area contributed by atoms with Crippen LogP contribution in [0.25, 0.3) is 0 Å². The molecule has 0 aliphatic rings. The number of imidazole rings is 1. The van der Waals surface area contributed by atoms with Crippen molar-refractivity contribution < 1.29 is 0 Å². The molecule has 0 saturated carbocycles. The van der Waals surface area contributed by atoms with Crippen LogP contribution < -0.4 is 11.5 Å². The Morgan fingerprint density at radius 1 is 1.64 bits per heavy atom. The van der Waals surface area contributed by atoms with E-state index in [2.05, 4.69) is 15.0 Å². The lowest BCUT2D eigenvalue weighted by Gasteiger charge is -1.97. The van der Waals surface area contributed by atoms with Crippen molar-refractivity contribution in [3.05, 3.63) is 17.7 Å². The summed E-state index contributed by atoms with van der Waals surface area (Å²) in [4.78, 5) is 11.1. The van der Waals surface area contributed by atoms with Gasteiger partial charge in [0.1, 0.15) is 0 Å². The molecule has 5 nitrogen and oxygen atoms in total. The monoisotopic (exact) mass is 213 g/mol. The predicted molar refractivity (Wildman–Crippen MR) is 60.2 cm³/mol. The van der Waals surface area contributed by atoms with E-state index in [1.807, 2.05) is 6.92 Å². The number of rotatable bonds is 5. The van der Waals surface area contributed by atoms with Gasteiger partial charge in [0, 0.05) is 17.2 Å². The van der Waals surface area contributed by atoms with E-state index >= 15 is 0 Å². The normalized spacial score (nSPS) is 10.1. The first-order chi connectivity index (χ1) is 6.70. The topological polar surface area (TPSA) is 93.1 Å². The van der Waals surface area contributed by atoms with Gasteiger partial charge in [-0.3, -0.25) is 4.99 Å². The number of aromatic amines is 1. The number of nitrogens with zero attached hydrogens (tertiary/aromatic N) is 2. The average molecular weight is 213 g/mol. The van der Waals surface area contributed by atoms with E-state index in [9.17, 15) is 0 Å². The fraction of sp³-hybridized carbons (Fsp3) is 0.500. The molecule has 1 aromatic rings. The van der Waals surface area contributed by atoms with Gasteiger partial charge in [-0.2, -0.15) is 11.8 Å². The standard InChI is InChI=1S/C8H15N5S/c1-6-7(13-5-12-6)4-14-3-2-11-8(9)10/h5H,2-4H2,1H3,(H,12,13)(H4,9,10,11). The zero-order chi connectivity index (χ0) is 10.4. The van der Waals surface area contributed by atoms with Crippen LogP contribution in [-0.4, -0.2) is 28.2 Å². The molecule has 0 saturated heterocycles. The lowest BCUT2D eigenvalue weighted by atomic mass is 10.4. The van der Waals surface area contributed by atoms with Gasteiger partial charge in [0.2, 0.25) is 0 Å². The van der Waals surface area contributed by atoms with E-state index in [-0.39, 0.29) is 5.96 Å². The van der Waals surface area contributed by atoms with Crippen LogP contribution in [0.5, 0.6) is 0 Å². The van der Waals surface area contributed by atoms with Gasteiger partial charge >= 0.3 is 0 Å². The Bertz CT molecular complexity index is 302. The smallest absolute Gasteiger partial charge is 0.185 e. The highest BCUT2D eigenvalue weighted by Gasteiger charge is 1.99. The van der Waals surface area contributed by atoms with Crippen molar-refractivity contribution in [2.45, 2.75) is 12.7 Å². The number of hydrogen-bond acceptors (Lipinski definition) is 3. The predicted octanol–water partition coefficient (Wildman–Crippen LogP) is 0.225. The first-order valence-corrected chi connectivity index (χ1v) is 5.47. The molecule has 0 bridgehead atoms. The van der Waals surface area contributed by atoms with Gasteiger partial charge in [0.05, 0.1) is 18.6 Å². The molecule has 5 N–H and O–H groups in total. The summed E-state index contributed by atoms with van der Waals surface area (Å²) in [6.45, 7) is 2.68. The average Bonchev–Trinajstić information content (AvgIpc) is 2.51. The van der Waals surface area contributed by atoms with Gasteiger partial charge in [0.25, 0.3) is 0 Å². The van der Waals surface area contributed by atoms with Crippen LogP contribution >= 0.6 is 11.8 Å². The fourth-order valence-corrected chi connectivity index (χ4v) is 1.79. The second-order valence-electron chi connectivity index (χ2n) is 2.83. The third-order valence-electron chi connectivity index (χ3n) is 1.70. The summed E-state index contributed by atoms with van der Waals surface area (Å²) in [5.74, 6) is 1.96. The molecular formula is C8H15N5S. The number of aromatic nitrogens is 2. The SMILES string of the molecule is Cc1[nH]cnc1CSCCN=C(N)N. The molecule has 0 unspecified atom stereocenters. The van der Waals surface area contributed by atoms with Crippen LogP contribution in [0.15, 0.2) is 11.3 Å². The summed E-state index contributed by atoms with van der Waals surface area (Å²) in [6.07, 6.45) is 1.71. The second-order valence-corrected chi connectivity index (χ2v) is 3.94. The van der Waals surface area contributed by atoms with Gasteiger partial charge in [0.15, 0.2) is 5.96 Å². The highest BCUT2D eigenvalue weighted by Crippen LogP contribution is 2.11. The summed E-state index contributed by atoms with van der Waals surface area (Å²) in [5, 5.41) is 0. The van der Waals surface area contributed by atoms with E-state index in [0.717, 1.165) is 22.9 Å². The molecule has 0 radical (unpaired) electrons. The van der Waals surface area contributed by atoms with Crippen molar-refractivity contribution in [1.29, 1.82) is 0 Å². The Morgan fingerprint density at radius 2 is 2.43 bits per heavy atom. The highest BCUT2D eigenvalue weighted by molar-refractivity contribution is 7.98. The van der Waals surface area contributed by atoms with Crippen LogP contribution in [0, 0.1) is 6.92 Å². The van der Waals surface area contributed by atoms with Crippen molar-refractivity contribution >= 4 is 17.7 Å². The first-order valence-electron chi connectivity index (χ1n) is 4.32. The molecule has 1 aromatic heterocycles. The Kier molecular flexibility index (Phi) is 4.31. The molecule has 14 heavy (non-hydrogen) atoms. The largest absolute Gasteiger partial charge is 0.370 e. The minimum absolute atomic E-state index is 0.154. The van der Waals surface area contributed by atoms with Crippen LogP contribution in [0.2, 0.25) is 0 Å². The van der Waals surface area contributed by atoms with Gasteiger partial charge < -0.3 is 16.5 Å². The number of hydrogen-bond donors (Lipinski definition) is 3. The highest BCUT2D eigenvalue weighted by atomic mass is 32.2. The summed E-state index contributed by atoms with van der Waals surface area (Å²) in [5.41, 5.74) is 12.6. The van der Waals surface area contributed by atoms with Crippen molar-refractivity contribution in [1.82, 2.24) is 9.97 Å². The molecule has 0 aromatic carbocycles. The van der Waals surface area contributed by atoms with Crippen molar-refractivity contribution in [2.75, 3.05) is 12.3 Å². The third-order valence-corrected chi connectivity index (χ3v) is 2.65. The van der Waals surface area contributed by atoms with Crippen molar-refractivity contribution in [3.63, 3.8) is 0 Å². The first kappa shape index (κ1) is 10.9. The lowest BCUT2D eigenvalue weighted by Crippen LogP contribution is -2.23. The Morgan fingerprint density at radius 3 is 3.00 bits per heavy atom. The summed E-state index contributed by atoms with van der Waals surface area (Å²) in [6, 6.07) is 0. The number of aliphatic imine (C=N–C) groups is 1. The third kappa shape index (κ3) is 3.69. The maximum atomic E-state index is 5.19. The Balaban J connectivity index is 2.16. The molecule has 1 heterocycles. The van der Waals surface area contributed by atoms with Crippen LogP contribution in [0.3, 0.4) is 0 Å². The van der Waals surface area contributed by atoms with Crippen LogP contribution in [0.1, 0.15) is 11.4 Å². The minimum Gasteiger partial charge on any atom is -0.370 e. The maximum absolute atomic E-state index is 5.19. The van der Waals surface area contributed by atoms with Crippen LogP contribution in [0.4, 0.5) is 0 Å². The van der Waals surface area contributed by atoms with Gasteiger partial charge in [-0.15, -0.1) is 0 Å². The molecule has 78 valence electrons. The van der Waals surface area contributed by atoms with E-state index in [0.29, 0.717) is 6.54 Å². The van der Waals surface area contributed by atoms with E-state index in [1.165, 1.54) is 0 Å². The summed E-state index contributed by atoms with van der Waals surface area (Å²) >= 11 is 1.77. The molecule has 0 spiro atoms. The second kappa shape index (κ2) is 5.54. The molecule has 0 atom stereocenters. The molecule has 0 fully saturated rings. The number of guanidine groups is 1.